The third kappa shape index (κ3) is 5.10. The molecule has 7 heteroatoms. The predicted octanol–water partition coefficient (Wildman–Crippen LogP) is 3.73. The van der Waals surface area contributed by atoms with Crippen molar-refractivity contribution in [2.75, 3.05) is 26.7 Å². The summed E-state index contributed by atoms with van der Waals surface area (Å²) in [7, 11) is 1.76. The minimum atomic E-state index is -0.136. The van der Waals surface area contributed by atoms with Gasteiger partial charge in [-0.05, 0) is 49.9 Å². The number of benzene rings is 1. The van der Waals surface area contributed by atoms with Crippen LogP contribution in [0.15, 0.2) is 47.2 Å². The number of allylic oxidation sites excluding steroid dienone is 2. The average Bonchev–Trinajstić information content (AvgIpc) is 3.01. The van der Waals surface area contributed by atoms with Gasteiger partial charge in [-0.25, -0.2) is 4.79 Å². The number of urea groups is 1. The van der Waals surface area contributed by atoms with Crippen LogP contribution >= 0.6 is 0 Å². The number of rotatable bonds is 9. The summed E-state index contributed by atoms with van der Waals surface area (Å²) >= 11 is 0. The van der Waals surface area contributed by atoms with Gasteiger partial charge >= 0.3 is 6.03 Å². The topological polar surface area (TPSA) is 66.4 Å². The number of hydroxylamine groups is 2. The molecule has 3 aliphatic heterocycles. The highest BCUT2D eigenvalue weighted by Gasteiger charge is 2.47. The van der Waals surface area contributed by atoms with E-state index in [4.69, 9.17) is 9.57 Å². The van der Waals surface area contributed by atoms with Crippen molar-refractivity contribution < 1.29 is 14.4 Å². The van der Waals surface area contributed by atoms with Crippen LogP contribution in [0, 0.1) is 5.92 Å². The van der Waals surface area contributed by atoms with Gasteiger partial charge in [-0.3, -0.25) is 9.83 Å². The first-order valence-electron chi connectivity index (χ1n) is 11.5. The highest BCUT2D eigenvalue weighted by Crippen LogP contribution is 2.32. The Morgan fingerprint density at radius 2 is 2.06 bits per heavy atom. The Morgan fingerprint density at radius 1 is 1.26 bits per heavy atom. The molecule has 1 aromatic carbocycles. The van der Waals surface area contributed by atoms with Crippen LogP contribution in [0.2, 0.25) is 0 Å². The number of unbranched alkanes of at least 4 members (excludes halogenated alkanes) is 1. The maximum atomic E-state index is 13.1. The second kappa shape index (κ2) is 10.3. The number of aliphatic imine (C=N–C) groups is 1. The van der Waals surface area contributed by atoms with Gasteiger partial charge < -0.3 is 15.0 Å². The van der Waals surface area contributed by atoms with Gasteiger partial charge in [-0.2, -0.15) is 5.06 Å². The first-order chi connectivity index (χ1) is 15.2. The standard InChI is InChI=1S/C24H34N4O3/c1-3-4-10-21(13-19-14-26-15-19)31-23(25-2)22-12-11-20-16-27(22)24(29)28(20)30-17-18-8-6-5-7-9-18/h5-10,19-20,22,26H,3-4,11-17H2,1-2H3. The molecule has 2 bridgehead atoms. The van der Waals surface area contributed by atoms with Crippen molar-refractivity contribution >= 4 is 11.9 Å². The van der Waals surface area contributed by atoms with Crippen molar-refractivity contribution in [2.24, 2.45) is 10.9 Å². The van der Waals surface area contributed by atoms with Crippen molar-refractivity contribution in [2.45, 2.75) is 57.7 Å². The number of piperidine rings is 1. The van der Waals surface area contributed by atoms with Crippen LogP contribution in [0.3, 0.4) is 0 Å². The van der Waals surface area contributed by atoms with Gasteiger partial charge in [0.05, 0.1) is 6.04 Å². The lowest BCUT2D eigenvalue weighted by Crippen LogP contribution is -2.46. The molecular formula is C24H34N4O3. The van der Waals surface area contributed by atoms with Gasteiger partial charge in [0.25, 0.3) is 0 Å². The Morgan fingerprint density at radius 3 is 2.74 bits per heavy atom. The Balaban J connectivity index is 1.40. The van der Waals surface area contributed by atoms with E-state index in [0.29, 0.717) is 25.0 Å². The predicted molar refractivity (Wildman–Crippen MR) is 120 cm³/mol. The number of ether oxygens (including phenoxy) is 1. The molecule has 0 spiro atoms. The van der Waals surface area contributed by atoms with Crippen molar-refractivity contribution in [3.8, 4) is 0 Å². The molecule has 0 saturated carbocycles. The number of carbonyl (C=O) groups is 1. The zero-order valence-electron chi connectivity index (χ0n) is 18.6. The minimum absolute atomic E-state index is 0.0849. The Labute approximate surface area is 185 Å². The van der Waals surface area contributed by atoms with Crippen molar-refractivity contribution in [1.29, 1.82) is 0 Å². The van der Waals surface area contributed by atoms with E-state index < -0.39 is 0 Å². The monoisotopic (exact) mass is 426 g/mol. The molecule has 4 rings (SSSR count). The second-order valence-electron chi connectivity index (χ2n) is 8.62. The summed E-state index contributed by atoms with van der Waals surface area (Å²) in [5.74, 6) is 2.25. The smallest absolute Gasteiger partial charge is 0.345 e. The molecule has 168 valence electrons. The van der Waals surface area contributed by atoms with Crippen LogP contribution in [-0.2, 0) is 16.2 Å². The maximum Gasteiger partial charge on any atom is 0.345 e. The Bertz CT molecular complexity index is 806. The third-order valence-electron chi connectivity index (χ3n) is 6.29. The SMILES string of the molecule is CCCC=C(CC1CNC1)OC(=NC)C1CCC2CN1C(=O)N2OCc1ccccc1. The van der Waals surface area contributed by atoms with Crippen LogP contribution in [0.1, 0.15) is 44.6 Å². The van der Waals surface area contributed by atoms with E-state index >= 15 is 0 Å². The lowest BCUT2D eigenvalue weighted by molar-refractivity contribution is -0.140. The van der Waals surface area contributed by atoms with Crippen molar-refractivity contribution in [1.82, 2.24) is 15.3 Å². The number of nitrogens with zero attached hydrogens (tertiary/aromatic N) is 3. The quantitative estimate of drug-likeness (QED) is 0.371. The van der Waals surface area contributed by atoms with Gasteiger partial charge in [-0.15, -0.1) is 0 Å². The van der Waals surface area contributed by atoms with Crippen LogP contribution in [0.5, 0.6) is 0 Å². The molecular weight excluding hydrogens is 392 g/mol. The molecule has 7 nitrogen and oxygen atoms in total. The summed E-state index contributed by atoms with van der Waals surface area (Å²) in [6.45, 7) is 5.29. The van der Waals surface area contributed by atoms with Gasteiger partial charge in [0.2, 0.25) is 5.90 Å². The number of hydrogen-bond acceptors (Lipinski definition) is 5. The molecule has 0 aromatic heterocycles. The highest BCUT2D eigenvalue weighted by atomic mass is 16.7. The Kier molecular flexibility index (Phi) is 7.25. The highest BCUT2D eigenvalue weighted by molar-refractivity contribution is 5.89. The summed E-state index contributed by atoms with van der Waals surface area (Å²) in [5.41, 5.74) is 1.05. The molecule has 2 atom stereocenters. The van der Waals surface area contributed by atoms with Crippen LogP contribution in [0.25, 0.3) is 0 Å². The third-order valence-corrected chi connectivity index (χ3v) is 6.29. The van der Waals surface area contributed by atoms with Crippen molar-refractivity contribution in [3.05, 3.63) is 47.7 Å². The first-order valence-corrected chi connectivity index (χ1v) is 11.5. The fourth-order valence-electron chi connectivity index (χ4n) is 4.42. The van der Waals surface area contributed by atoms with E-state index in [-0.39, 0.29) is 18.1 Å². The van der Waals surface area contributed by atoms with E-state index in [0.717, 1.165) is 56.5 Å². The lowest BCUT2D eigenvalue weighted by atomic mass is 9.97. The summed E-state index contributed by atoms with van der Waals surface area (Å²) < 4.78 is 6.34. The average molecular weight is 427 g/mol. The molecule has 1 aromatic rings. The van der Waals surface area contributed by atoms with E-state index in [1.54, 1.807) is 12.1 Å². The van der Waals surface area contributed by atoms with E-state index in [2.05, 4.69) is 23.3 Å². The first kappa shape index (κ1) is 21.8. The summed E-state index contributed by atoms with van der Waals surface area (Å²) in [4.78, 5) is 25.4. The van der Waals surface area contributed by atoms with Crippen LogP contribution in [-0.4, -0.2) is 60.7 Å². The van der Waals surface area contributed by atoms with E-state index in [1.807, 2.05) is 35.2 Å². The molecule has 3 saturated heterocycles. The maximum absolute atomic E-state index is 13.1. The fraction of sp³-hybridized carbons (Fsp3) is 0.583. The number of carbonyl (C=O) groups excluding carboxylic acids is 1. The fourth-order valence-corrected chi connectivity index (χ4v) is 4.42. The summed E-state index contributed by atoms with van der Waals surface area (Å²) in [6.07, 6.45) is 6.89. The normalized spacial score (nSPS) is 24.5. The molecule has 3 aliphatic rings. The largest absolute Gasteiger partial charge is 0.446 e. The van der Waals surface area contributed by atoms with Crippen LogP contribution in [0.4, 0.5) is 4.79 Å². The zero-order chi connectivity index (χ0) is 21.6. The molecule has 3 fully saturated rings. The summed E-state index contributed by atoms with van der Waals surface area (Å²) in [5, 5.41) is 4.89. The number of amides is 2. The van der Waals surface area contributed by atoms with Gasteiger partial charge in [-0.1, -0.05) is 43.7 Å². The second-order valence-corrected chi connectivity index (χ2v) is 8.62. The van der Waals surface area contributed by atoms with Gasteiger partial charge in [0.1, 0.15) is 18.4 Å². The number of fused-ring (bicyclic) bond motifs is 2. The molecule has 2 unspecified atom stereocenters. The molecule has 0 radical (unpaired) electrons. The molecule has 1 N–H and O–H groups in total. The molecule has 2 amide bonds. The van der Waals surface area contributed by atoms with Gasteiger partial charge in [0, 0.05) is 20.0 Å². The minimum Gasteiger partial charge on any atom is -0.446 e. The lowest BCUT2D eigenvalue weighted by Gasteiger charge is -2.32. The van der Waals surface area contributed by atoms with E-state index in [1.165, 1.54) is 0 Å². The summed E-state index contributed by atoms with van der Waals surface area (Å²) in [6, 6.07) is 9.81. The molecule has 3 heterocycles. The Hall–Kier alpha value is -2.38. The van der Waals surface area contributed by atoms with E-state index in [9.17, 15) is 4.79 Å². The van der Waals surface area contributed by atoms with Crippen LogP contribution < -0.4 is 5.32 Å². The number of hydrogen-bond donors (Lipinski definition) is 1. The van der Waals surface area contributed by atoms with Gasteiger partial charge in [0.15, 0.2) is 0 Å². The molecule has 0 aliphatic carbocycles. The zero-order valence-corrected chi connectivity index (χ0v) is 18.6. The van der Waals surface area contributed by atoms with Crippen molar-refractivity contribution in [3.63, 3.8) is 0 Å². The number of nitrogens with one attached hydrogen (secondary N) is 1. The molecule has 31 heavy (non-hydrogen) atoms.